The third-order valence-corrected chi connectivity index (χ3v) is 5.94. The van der Waals surface area contributed by atoms with Gasteiger partial charge >= 0.3 is 0 Å². The van der Waals surface area contributed by atoms with Gasteiger partial charge in [0.1, 0.15) is 0 Å². The number of nitrogens with zero attached hydrogens (tertiary/aromatic N) is 2. The maximum absolute atomic E-state index is 4.50. The summed E-state index contributed by atoms with van der Waals surface area (Å²) in [4.78, 5) is 9.01. The second-order valence-corrected chi connectivity index (χ2v) is 8.35. The van der Waals surface area contributed by atoms with E-state index < -0.39 is 0 Å². The molecule has 0 unspecified atom stereocenters. The van der Waals surface area contributed by atoms with Gasteiger partial charge in [0.15, 0.2) is 0 Å². The summed E-state index contributed by atoms with van der Waals surface area (Å²) in [6, 6.07) is 41.9. The maximum Gasteiger partial charge on any atom is 0.0451 e. The Hall–Kier alpha value is -4.82. The monoisotopic (exact) mass is 462 g/mol. The molecule has 0 saturated carbocycles. The summed E-state index contributed by atoms with van der Waals surface area (Å²) in [6.45, 7) is 0. The van der Waals surface area contributed by atoms with Gasteiger partial charge in [-0.15, -0.1) is 0 Å². The Morgan fingerprint density at radius 1 is 0.389 bits per heavy atom. The van der Waals surface area contributed by atoms with Gasteiger partial charge in [0, 0.05) is 36.0 Å². The Bertz CT molecular complexity index is 1270. The molecule has 0 saturated heterocycles. The first kappa shape index (κ1) is 22.9. The summed E-state index contributed by atoms with van der Waals surface area (Å²) in [5.41, 5.74) is 8.81. The van der Waals surface area contributed by atoms with E-state index in [1.165, 1.54) is 0 Å². The molecule has 1 aliphatic heterocycles. The summed E-state index contributed by atoms with van der Waals surface area (Å²) in [6.07, 6.45) is 11.7. The molecular weight excluding hydrogens is 436 g/mol. The first-order valence-corrected chi connectivity index (χ1v) is 12.0. The quantitative estimate of drug-likeness (QED) is 0.276. The van der Waals surface area contributed by atoms with Crippen LogP contribution in [0.25, 0.3) is 11.1 Å². The molecule has 0 aliphatic carbocycles. The Kier molecular flexibility index (Phi) is 7.36. The first-order chi connectivity index (χ1) is 17.9. The molecule has 1 aliphatic rings. The second kappa shape index (κ2) is 11.5. The fraction of sp³-hybridized carbons (Fsp3) is 0. The topological polar surface area (TPSA) is 24.7 Å². The molecule has 36 heavy (non-hydrogen) atoms. The van der Waals surface area contributed by atoms with Crippen LogP contribution >= 0.6 is 0 Å². The molecule has 0 bridgehead atoms. The normalized spacial score (nSPS) is 12.6. The van der Waals surface area contributed by atoms with Gasteiger partial charge in [0.05, 0.1) is 0 Å². The molecule has 0 fully saturated rings. The van der Waals surface area contributed by atoms with E-state index in [2.05, 4.69) is 119 Å². The number of aliphatic imine (C=N–C) groups is 2. The van der Waals surface area contributed by atoms with Crippen LogP contribution in [-0.2, 0) is 0 Å². The Labute approximate surface area is 212 Å². The van der Waals surface area contributed by atoms with Crippen molar-refractivity contribution in [2.45, 2.75) is 0 Å². The van der Waals surface area contributed by atoms with E-state index in [-0.39, 0.29) is 0 Å². The van der Waals surface area contributed by atoms with Crippen molar-refractivity contribution < 1.29 is 0 Å². The fourth-order valence-electron chi connectivity index (χ4n) is 4.16. The number of hydrogen-bond donors (Lipinski definition) is 0. The summed E-state index contributed by atoms with van der Waals surface area (Å²) in [7, 11) is 0. The first-order valence-electron chi connectivity index (χ1n) is 12.0. The van der Waals surface area contributed by atoms with Crippen LogP contribution < -0.4 is 0 Å². The van der Waals surface area contributed by atoms with Crippen molar-refractivity contribution in [3.63, 3.8) is 0 Å². The van der Waals surface area contributed by atoms with Crippen molar-refractivity contribution in [3.8, 4) is 0 Å². The Balaban J connectivity index is 1.74. The highest BCUT2D eigenvalue weighted by molar-refractivity contribution is 6.02. The van der Waals surface area contributed by atoms with Gasteiger partial charge in [-0.1, -0.05) is 121 Å². The summed E-state index contributed by atoms with van der Waals surface area (Å²) < 4.78 is 0. The van der Waals surface area contributed by atoms with E-state index in [0.29, 0.717) is 0 Å². The van der Waals surface area contributed by atoms with Crippen molar-refractivity contribution >= 4 is 23.6 Å². The van der Waals surface area contributed by atoms with Gasteiger partial charge in [0.2, 0.25) is 0 Å². The molecule has 0 amide bonds. The summed E-state index contributed by atoms with van der Waals surface area (Å²) in [5, 5.41) is 0. The van der Waals surface area contributed by atoms with E-state index in [1.807, 2.05) is 36.7 Å². The van der Waals surface area contributed by atoms with Crippen LogP contribution in [0.2, 0.25) is 0 Å². The van der Waals surface area contributed by atoms with Gasteiger partial charge in [-0.2, -0.15) is 0 Å². The lowest BCUT2D eigenvalue weighted by Crippen LogP contribution is -1.98. The van der Waals surface area contributed by atoms with E-state index in [0.717, 1.165) is 44.5 Å². The van der Waals surface area contributed by atoms with Crippen molar-refractivity contribution in [3.05, 3.63) is 179 Å². The fourth-order valence-corrected chi connectivity index (χ4v) is 4.16. The van der Waals surface area contributed by atoms with Gasteiger partial charge in [-0.25, -0.2) is 0 Å². The van der Waals surface area contributed by atoms with E-state index in [1.54, 1.807) is 12.4 Å². The molecule has 4 aromatic carbocycles. The molecule has 5 rings (SSSR count). The average Bonchev–Trinajstić information content (AvgIpc) is 2.94. The Morgan fingerprint density at radius 2 is 0.667 bits per heavy atom. The number of hydrogen-bond acceptors (Lipinski definition) is 2. The minimum atomic E-state index is 0.982. The average molecular weight is 463 g/mol. The lowest BCUT2D eigenvalue weighted by atomic mass is 9.92. The van der Waals surface area contributed by atoms with Crippen molar-refractivity contribution in [2.75, 3.05) is 0 Å². The molecule has 0 atom stereocenters. The maximum atomic E-state index is 4.50. The summed E-state index contributed by atoms with van der Waals surface area (Å²) >= 11 is 0. The highest BCUT2D eigenvalue weighted by Gasteiger charge is 2.10. The van der Waals surface area contributed by atoms with E-state index in [9.17, 15) is 0 Å². The zero-order valence-corrected chi connectivity index (χ0v) is 19.9. The smallest absolute Gasteiger partial charge is 0.0451 e. The molecule has 0 aromatic heterocycles. The number of allylic oxidation sites excluding steroid dienone is 4. The zero-order chi connectivity index (χ0) is 24.4. The zero-order valence-electron chi connectivity index (χ0n) is 19.9. The van der Waals surface area contributed by atoms with Crippen molar-refractivity contribution in [1.29, 1.82) is 0 Å². The minimum absolute atomic E-state index is 0.982. The van der Waals surface area contributed by atoms with Crippen LogP contribution in [0.15, 0.2) is 167 Å². The SMILES string of the molecule is C1=CN=CC(C=C(c2ccccc2)c2ccccc2)=C(C=C(c2ccccc2)c2ccccc2)C=N1. The number of rotatable bonds is 6. The van der Waals surface area contributed by atoms with Gasteiger partial charge in [-0.3, -0.25) is 9.98 Å². The molecular formula is C34H26N2. The van der Waals surface area contributed by atoms with Crippen LogP contribution in [0.3, 0.4) is 0 Å². The minimum Gasteiger partial charge on any atom is -0.262 e. The van der Waals surface area contributed by atoms with Crippen LogP contribution in [0.1, 0.15) is 22.3 Å². The van der Waals surface area contributed by atoms with Gasteiger partial charge < -0.3 is 0 Å². The van der Waals surface area contributed by atoms with Crippen LogP contribution in [0.4, 0.5) is 0 Å². The molecule has 2 heteroatoms. The molecule has 4 aromatic rings. The molecule has 0 N–H and O–H groups in total. The van der Waals surface area contributed by atoms with Crippen molar-refractivity contribution in [1.82, 2.24) is 0 Å². The molecule has 2 nitrogen and oxygen atoms in total. The van der Waals surface area contributed by atoms with Crippen LogP contribution in [0, 0.1) is 0 Å². The van der Waals surface area contributed by atoms with Crippen LogP contribution in [-0.4, -0.2) is 12.4 Å². The predicted molar refractivity (Wildman–Crippen MR) is 153 cm³/mol. The standard InChI is InChI=1S/C34H26N2/c1-5-13-27(14-6-1)33(28-15-7-2-8-16-28)23-31-25-35-21-22-36-26-32(31)24-34(29-17-9-3-10-18-29)30-19-11-4-12-20-30/h1-26H. The lowest BCUT2D eigenvalue weighted by molar-refractivity contribution is 1.45. The van der Waals surface area contributed by atoms with Crippen LogP contribution in [0.5, 0.6) is 0 Å². The molecule has 172 valence electrons. The molecule has 0 radical (unpaired) electrons. The molecule has 0 spiro atoms. The van der Waals surface area contributed by atoms with Crippen molar-refractivity contribution in [2.24, 2.45) is 9.98 Å². The largest absolute Gasteiger partial charge is 0.262 e. The third-order valence-electron chi connectivity index (χ3n) is 5.94. The lowest BCUT2D eigenvalue weighted by Gasteiger charge is -2.13. The predicted octanol–water partition coefficient (Wildman–Crippen LogP) is 8.17. The third kappa shape index (κ3) is 5.63. The van der Waals surface area contributed by atoms with Gasteiger partial charge in [-0.05, 0) is 45.6 Å². The van der Waals surface area contributed by atoms with E-state index >= 15 is 0 Å². The highest BCUT2D eigenvalue weighted by Crippen LogP contribution is 2.28. The highest BCUT2D eigenvalue weighted by atomic mass is 14.7. The number of benzene rings is 4. The second-order valence-electron chi connectivity index (χ2n) is 8.35. The van der Waals surface area contributed by atoms with Gasteiger partial charge in [0.25, 0.3) is 0 Å². The molecule has 1 heterocycles. The van der Waals surface area contributed by atoms with E-state index in [4.69, 9.17) is 0 Å². The Morgan fingerprint density at radius 3 is 0.944 bits per heavy atom. The summed E-state index contributed by atoms with van der Waals surface area (Å²) in [5.74, 6) is 0.